The lowest BCUT2D eigenvalue weighted by Crippen LogP contribution is -2.08. The molecule has 1 aromatic rings. The third kappa shape index (κ3) is 2.86. The van der Waals surface area contributed by atoms with E-state index in [1.165, 1.54) is 18.4 Å². The first-order valence-electron chi connectivity index (χ1n) is 7.22. The molecule has 0 N–H and O–H groups in total. The molecule has 103 valence electrons. The summed E-state index contributed by atoms with van der Waals surface area (Å²) in [4.78, 5) is 0. The fourth-order valence-electron chi connectivity index (χ4n) is 2.69. The number of nitrogens with zero attached hydrogens (tertiary/aromatic N) is 1. The molecule has 19 heavy (non-hydrogen) atoms. The van der Waals surface area contributed by atoms with Gasteiger partial charge in [0.1, 0.15) is 0 Å². The molecule has 2 aliphatic rings. The second-order valence-corrected chi connectivity index (χ2v) is 5.84. The first-order valence-corrected chi connectivity index (χ1v) is 7.22. The molecular formula is C16H22NO2. The van der Waals surface area contributed by atoms with Crippen LogP contribution in [-0.2, 0) is 0 Å². The molecule has 1 heterocycles. The van der Waals surface area contributed by atoms with E-state index in [1.54, 1.807) is 7.11 Å². The van der Waals surface area contributed by atoms with Crippen LogP contribution in [0.15, 0.2) is 18.2 Å². The standard InChI is InChI=1S/C16H22NO2/c1-11-8-17-9-14(11)13-5-6-15(18-2)16(7-13)19-10-12-3-4-12/h5-7,11-12,14H,3-4,8-10H2,1-2H3/t11-,14+/m1/s1. The van der Waals surface area contributed by atoms with Gasteiger partial charge in [-0.3, -0.25) is 0 Å². The molecule has 2 fully saturated rings. The third-order valence-corrected chi connectivity index (χ3v) is 4.22. The molecule has 0 amide bonds. The van der Waals surface area contributed by atoms with Gasteiger partial charge in [-0.2, -0.15) is 0 Å². The van der Waals surface area contributed by atoms with Crippen molar-refractivity contribution < 1.29 is 9.47 Å². The molecule has 3 rings (SSSR count). The molecule has 1 aliphatic heterocycles. The fraction of sp³-hybridized carbons (Fsp3) is 0.625. The Morgan fingerprint density at radius 3 is 2.68 bits per heavy atom. The Bertz CT molecular complexity index is 442. The van der Waals surface area contributed by atoms with Crippen LogP contribution >= 0.6 is 0 Å². The van der Waals surface area contributed by atoms with E-state index < -0.39 is 0 Å². The van der Waals surface area contributed by atoms with Gasteiger partial charge < -0.3 is 9.47 Å². The number of methoxy groups -OCH3 is 1. The highest BCUT2D eigenvalue weighted by Gasteiger charge is 2.27. The van der Waals surface area contributed by atoms with E-state index in [-0.39, 0.29) is 0 Å². The van der Waals surface area contributed by atoms with Crippen LogP contribution in [0.25, 0.3) is 0 Å². The summed E-state index contributed by atoms with van der Waals surface area (Å²) in [6.45, 7) is 5.02. The smallest absolute Gasteiger partial charge is 0.161 e. The van der Waals surface area contributed by atoms with Gasteiger partial charge in [-0.25, -0.2) is 5.32 Å². The largest absolute Gasteiger partial charge is 0.493 e. The van der Waals surface area contributed by atoms with Gasteiger partial charge in [0, 0.05) is 19.0 Å². The van der Waals surface area contributed by atoms with Crippen molar-refractivity contribution in [2.75, 3.05) is 26.8 Å². The van der Waals surface area contributed by atoms with E-state index >= 15 is 0 Å². The molecule has 1 saturated carbocycles. The molecule has 1 aliphatic carbocycles. The van der Waals surface area contributed by atoms with Crippen LogP contribution in [0, 0.1) is 11.8 Å². The fourth-order valence-corrected chi connectivity index (χ4v) is 2.69. The van der Waals surface area contributed by atoms with Crippen LogP contribution in [0.2, 0.25) is 0 Å². The first-order chi connectivity index (χ1) is 9.28. The van der Waals surface area contributed by atoms with Gasteiger partial charge in [-0.05, 0) is 42.4 Å². The predicted molar refractivity (Wildman–Crippen MR) is 75.0 cm³/mol. The van der Waals surface area contributed by atoms with Gasteiger partial charge in [0.2, 0.25) is 0 Å². The summed E-state index contributed by atoms with van der Waals surface area (Å²) >= 11 is 0. The molecule has 1 radical (unpaired) electrons. The van der Waals surface area contributed by atoms with Crippen molar-refractivity contribution in [1.82, 2.24) is 5.32 Å². The van der Waals surface area contributed by atoms with Crippen molar-refractivity contribution in [2.24, 2.45) is 11.8 Å². The van der Waals surface area contributed by atoms with Crippen molar-refractivity contribution in [2.45, 2.75) is 25.7 Å². The summed E-state index contributed by atoms with van der Waals surface area (Å²) in [5.41, 5.74) is 1.33. The van der Waals surface area contributed by atoms with Gasteiger partial charge in [0.15, 0.2) is 11.5 Å². The van der Waals surface area contributed by atoms with Crippen molar-refractivity contribution >= 4 is 0 Å². The highest BCUT2D eigenvalue weighted by Crippen LogP contribution is 2.37. The van der Waals surface area contributed by atoms with Crippen LogP contribution in [0.4, 0.5) is 0 Å². The number of hydrogen-bond donors (Lipinski definition) is 0. The summed E-state index contributed by atoms with van der Waals surface area (Å²) in [6.07, 6.45) is 2.61. The molecule has 0 aromatic heterocycles. The zero-order chi connectivity index (χ0) is 13.2. The molecule has 2 atom stereocenters. The number of benzene rings is 1. The minimum atomic E-state index is 0.536. The van der Waals surface area contributed by atoms with Crippen LogP contribution in [0.5, 0.6) is 11.5 Å². The minimum absolute atomic E-state index is 0.536. The van der Waals surface area contributed by atoms with Crippen LogP contribution in [-0.4, -0.2) is 26.8 Å². The highest BCUT2D eigenvalue weighted by atomic mass is 16.5. The average molecular weight is 260 g/mol. The Morgan fingerprint density at radius 1 is 1.21 bits per heavy atom. The average Bonchev–Trinajstić information content (AvgIpc) is 3.17. The maximum absolute atomic E-state index is 5.93. The van der Waals surface area contributed by atoms with Gasteiger partial charge in [0.05, 0.1) is 13.7 Å². The lowest BCUT2D eigenvalue weighted by atomic mass is 9.90. The second-order valence-electron chi connectivity index (χ2n) is 5.84. The monoisotopic (exact) mass is 260 g/mol. The van der Waals surface area contributed by atoms with Gasteiger partial charge in [0.25, 0.3) is 0 Å². The van der Waals surface area contributed by atoms with Crippen molar-refractivity contribution in [3.8, 4) is 11.5 Å². The zero-order valence-corrected chi connectivity index (χ0v) is 11.8. The number of ether oxygens (including phenoxy) is 2. The summed E-state index contributed by atoms with van der Waals surface area (Å²) < 4.78 is 11.3. The lowest BCUT2D eigenvalue weighted by molar-refractivity contribution is 0.280. The van der Waals surface area contributed by atoms with Crippen molar-refractivity contribution in [3.63, 3.8) is 0 Å². The SMILES string of the molecule is COc1ccc([C@H]2C[N]C[C@H]2C)cc1OCC1CC1. The molecule has 0 spiro atoms. The van der Waals surface area contributed by atoms with Gasteiger partial charge in [-0.1, -0.05) is 13.0 Å². The molecule has 1 saturated heterocycles. The lowest BCUT2D eigenvalue weighted by Gasteiger charge is -2.17. The normalized spacial score (nSPS) is 26.4. The topological polar surface area (TPSA) is 32.6 Å². The van der Waals surface area contributed by atoms with E-state index in [0.717, 1.165) is 37.1 Å². The highest BCUT2D eigenvalue weighted by molar-refractivity contribution is 5.44. The van der Waals surface area contributed by atoms with Crippen LogP contribution < -0.4 is 14.8 Å². The third-order valence-electron chi connectivity index (χ3n) is 4.22. The van der Waals surface area contributed by atoms with Crippen molar-refractivity contribution in [3.05, 3.63) is 23.8 Å². The Kier molecular flexibility index (Phi) is 3.65. The van der Waals surface area contributed by atoms with Crippen LogP contribution in [0.3, 0.4) is 0 Å². The number of rotatable bonds is 5. The Balaban J connectivity index is 1.78. The second kappa shape index (κ2) is 5.41. The summed E-state index contributed by atoms with van der Waals surface area (Å²) in [7, 11) is 1.70. The molecule has 0 unspecified atom stereocenters. The van der Waals surface area contributed by atoms with Crippen molar-refractivity contribution in [1.29, 1.82) is 0 Å². The van der Waals surface area contributed by atoms with E-state index in [9.17, 15) is 0 Å². The van der Waals surface area contributed by atoms with E-state index in [2.05, 4.69) is 24.4 Å². The van der Waals surface area contributed by atoms with E-state index in [1.807, 2.05) is 6.07 Å². The van der Waals surface area contributed by atoms with E-state index in [0.29, 0.717) is 11.8 Å². The van der Waals surface area contributed by atoms with Gasteiger partial charge >= 0.3 is 0 Å². The quantitative estimate of drug-likeness (QED) is 0.815. The molecule has 1 aromatic carbocycles. The predicted octanol–water partition coefficient (Wildman–Crippen LogP) is 2.82. The maximum atomic E-state index is 5.93. The summed E-state index contributed by atoms with van der Waals surface area (Å²) in [6, 6.07) is 6.34. The summed E-state index contributed by atoms with van der Waals surface area (Å²) in [5.74, 6) is 3.66. The van der Waals surface area contributed by atoms with E-state index in [4.69, 9.17) is 9.47 Å². The molecule has 3 nitrogen and oxygen atoms in total. The van der Waals surface area contributed by atoms with Crippen LogP contribution in [0.1, 0.15) is 31.2 Å². The van der Waals surface area contributed by atoms with Gasteiger partial charge in [-0.15, -0.1) is 0 Å². The molecule has 0 bridgehead atoms. The Morgan fingerprint density at radius 2 is 2.05 bits per heavy atom. The molecule has 3 heteroatoms. The zero-order valence-electron chi connectivity index (χ0n) is 11.8. The maximum Gasteiger partial charge on any atom is 0.161 e. The first kappa shape index (κ1) is 12.8. The minimum Gasteiger partial charge on any atom is -0.493 e. The molecular weight excluding hydrogens is 238 g/mol. The Labute approximate surface area is 115 Å². The summed E-state index contributed by atoms with van der Waals surface area (Å²) in [5, 5.41) is 4.51. The number of hydrogen-bond acceptors (Lipinski definition) is 2. The Hall–Kier alpha value is -1.22.